The van der Waals surface area contributed by atoms with Crippen molar-refractivity contribution >= 4 is 18.0 Å². The van der Waals surface area contributed by atoms with Crippen molar-refractivity contribution in [1.82, 2.24) is 4.90 Å². The van der Waals surface area contributed by atoms with E-state index in [1.165, 1.54) is 7.11 Å². The van der Waals surface area contributed by atoms with E-state index >= 15 is 0 Å². The number of carbonyl (C=O) groups excluding carboxylic acids is 2. The maximum atomic E-state index is 12.4. The molecule has 1 rings (SSSR count). The van der Waals surface area contributed by atoms with Gasteiger partial charge in [0.15, 0.2) is 0 Å². The summed E-state index contributed by atoms with van der Waals surface area (Å²) in [6.45, 7) is 5.71. The fourth-order valence-corrected chi connectivity index (χ4v) is 2.33. The molecule has 0 aromatic heterocycles. The smallest absolute Gasteiger partial charge is 0.307 e. The highest BCUT2D eigenvalue weighted by atomic mass is 16.5. The molecule has 0 radical (unpaired) electrons. The predicted octanol–water partition coefficient (Wildman–Crippen LogP) is 3.68. The molecule has 0 atom stereocenters. The van der Waals surface area contributed by atoms with Gasteiger partial charge in [0.2, 0.25) is 5.91 Å². The zero-order valence-electron chi connectivity index (χ0n) is 15.5. The number of carbonyl (C=O) groups is 2. The quantitative estimate of drug-likeness (QED) is 0.348. The Morgan fingerprint density at radius 3 is 2.40 bits per heavy atom. The molecular weight excluding hydrogens is 318 g/mol. The Labute approximate surface area is 150 Å². The molecule has 0 heterocycles. The van der Waals surface area contributed by atoms with Crippen molar-refractivity contribution in [3.8, 4) is 5.75 Å². The summed E-state index contributed by atoms with van der Waals surface area (Å²) < 4.78 is 10.1. The van der Waals surface area contributed by atoms with Crippen LogP contribution in [0.2, 0.25) is 0 Å². The largest absolute Gasteiger partial charge is 0.494 e. The first-order chi connectivity index (χ1) is 12.1. The van der Waals surface area contributed by atoms with Crippen LogP contribution in [0.15, 0.2) is 30.3 Å². The Kier molecular flexibility index (Phi) is 10.1. The van der Waals surface area contributed by atoms with Crippen molar-refractivity contribution in [1.29, 1.82) is 0 Å². The molecule has 0 saturated carbocycles. The average Bonchev–Trinajstić information content (AvgIpc) is 2.63. The summed E-state index contributed by atoms with van der Waals surface area (Å²) in [7, 11) is 1.36. The predicted molar refractivity (Wildman–Crippen MR) is 99.4 cm³/mol. The number of benzene rings is 1. The number of methoxy groups -OCH3 is 1. The van der Waals surface area contributed by atoms with Gasteiger partial charge in [0.25, 0.3) is 0 Å². The van der Waals surface area contributed by atoms with Crippen molar-refractivity contribution in [3.63, 3.8) is 0 Å². The molecule has 0 bridgehead atoms. The lowest BCUT2D eigenvalue weighted by Gasteiger charge is -2.20. The van der Waals surface area contributed by atoms with Gasteiger partial charge in [-0.25, -0.2) is 0 Å². The first-order valence-corrected chi connectivity index (χ1v) is 8.87. The zero-order valence-corrected chi connectivity index (χ0v) is 15.5. The molecule has 0 aliphatic rings. The Morgan fingerprint density at radius 2 is 1.80 bits per heavy atom. The molecule has 0 saturated heterocycles. The summed E-state index contributed by atoms with van der Waals surface area (Å²) in [6.07, 6.45) is 6.62. The zero-order chi connectivity index (χ0) is 18.5. The summed E-state index contributed by atoms with van der Waals surface area (Å²) in [4.78, 5) is 25.5. The highest BCUT2D eigenvalue weighted by Crippen LogP contribution is 2.13. The van der Waals surface area contributed by atoms with E-state index in [-0.39, 0.29) is 18.3 Å². The number of hydrogen-bond donors (Lipinski definition) is 0. The van der Waals surface area contributed by atoms with Crippen LogP contribution in [0.1, 0.15) is 45.1 Å². The Hall–Kier alpha value is -2.30. The van der Waals surface area contributed by atoms with Gasteiger partial charge in [-0.2, -0.15) is 0 Å². The number of hydrogen-bond acceptors (Lipinski definition) is 4. The lowest BCUT2D eigenvalue weighted by Crippen LogP contribution is -2.32. The second-order valence-corrected chi connectivity index (χ2v) is 5.69. The van der Waals surface area contributed by atoms with Crippen LogP contribution in [0.3, 0.4) is 0 Å². The average molecular weight is 347 g/mol. The maximum absolute atomic E-state index is 12.4. The van der Waals surface area contributed by atoms with E-state index in [0.29, 0.717) is 19.7 Å². The standard InChI is InChI=1S/C20H29NO4/c1-4-6-7-15-21(16-14-20(23)24-3)19(22)13-10-17-8-11-18(12-9-17)25-5-2/h8-13H,4-7,14-16H2,1-3H3/b13-10+. The van der Waals surface area contributed by atoms with E-state index in [2.05, 4.69) is 11.7 Å². The molecule has 1 aromatic rings. The number of rotatable bonds is 11. The summed E-state index contributed by atoms with van der Waals surface area (Å²) in [5.41, 5.74) is 0.929. The SMILES string of the molecule is CCCCCN(CCC(=O)OC)C(=O)/C=C/c1ccc(OCC)cc1. The molecule has 0 aliphatic carbocycles. The summed E-state index contributed by atoms with van der Waals surface area (Å²) >= 11 is 0. The van der Waals surface area contributed by atoms with Crippen LogP contribution in [-0.4, -0.2) is 43.6 Å². The molecule has 25 heavy (non-hydrogen) atoms. The van der Waals surface area contributed by atoms with Crippen LogP contribution in [0.4, 0.5) is 0 Å². The van der Waals surface area contributed by atoms with Gasteiger partial charge < -0.3 is 14.4 Å². The lowest BCUT2D eigenvalue weighted by molar-refractivity contribution is -0.141. The fourth-order valence-electron chi connectivity index (χ4n) is 2.33. The van der Waals surface area contributed by atoms with Crippen molar-refractivity contribution in [2.45, 2.75) is 39.5 Å². The number of ether oxygens (including phenoxy) is 2. The van der Waals surface area contributed by atoms with Crippen molar-refractivity contribution < 1.29 is 19.1 Å². The van der Waals surface area contributed by atoms with Crippen LogP contribution in [0, 0.1) is 0 Å². The molecule has 0 fully saturated rings. The number of esters is 1. The Morgan fingerprint density at radius 1 is 1.08 bits per heavy atom. The van der Waals surface area contributed by atoms with Gasteiger partial charge >= 0.3 is 5.97 Å². The van der Waals surface area contributed by atoms with Gasteiger partial charge in [0.1, 0.15) is 5.75 Å². The van der Waals surface area contributed by atoms with E-state index in [1.807, 2.05) is 31.2 Å². The molecule has 138 valence electrons. The second kappa shape index (κ2) is 12.1. The summed E-state index contributed by atoms with van der Waals surface area (Å²) in [5, 5.41) is 0. The normalized spacial score (nSPS) is 10.7. The summed E-state index contributed by atoms with van der Waals surface area (Å²) in [5.74, 6) is 0.419. The van der Waals surface area contributed by atoms with E-state index in [4.69, 9.17) is 4.74 Å². The third kappa shape index (κ3) is 8.38. The van der Waals surface area contributed by atoms with E-state index in [0.717, 1.165) is 30.6 Å². The highest BCUT2D eigenvalue weighted by Gasteiger charge is 2.12. The molecule has 1 amide bonds. The third-order valence-corrected chi connectivity index (χ3v) is 3.77. The molecule has 0 unspecified atom stereocenters. The molecule has 5 heteroatoms. The first kappa shape index (κ1) is 20.7. The Bertz CT molecular complexity index is 551. The highest BCUT2D eigenvalue weighted by molar-refractivity contribution is 5.92. The van der Waals surface area contributed by atoms with Crippen LogP contribution in [0.5, 0.6) is 5.75 Å². The minimum absolute atomic E-state index is 0.0890. The molecule has 1 aromatic carbocycles. The van der Waals surface area contributed by atoms with Gasteiger partial charge in [-0.1, -0.05) is 31.9 Å². The lowest BCUT2D eigenvalue weighted by atomic mass is 10.2. The molecule has 5 nitrogen and oxygen atoms in total. The van der Waals surface area contributed by atoms with Crippen molar-refractivity contribution in [3.05, 3.63) is 35.9 Å². The van der Waals surface area contributed by atoms with Gasteiger partial charge in [-0.05, 0) is 37.1 Å². The summed E-state index contributed by atoms with van der Waals surface area (Å²) in [6, 6.07) is 7.57. The van der Waals surface area contributed by atoms with Crippen molar-refractivity contribution in [2.75, 3.05) is 26.8 Å². The van der Waals surface area contributed by atoms with Crippen LogP contribution >= 0.6 is 0 Å². The number of unbranched alkanes of at least 4 members (excludes halogenated alkanes) is 2. The van der Waals surface area contributed by atoms with Gasteiger partial charge in [0.05, 0.1) is 20.1 Å². The minimum atomic E-state index is -0.302. The molecule has 0 spiro atoms. The first-order valence-electron chi connectivity index (χ1n) is 8.87. The van der Waals surface area contributed by atoms with Gasteiger partial charge in [0, 0.05) is 19.2 Å². The topological polar surface area (TPSA) is 55.8 Å². The fraction of sp³-hybridized carbons (Fsp3) is 0.500. The van der Waals surface area contributed by atoms with E-state index < -0.39 is 0 Å². The molecular formula is C20H29NO4. The van der Waals surface area contributed by atoms with E-state index in [1.54, 1.807) is 17.1 Å². The number of nitrogens with zero attached hydrogens (tertiary/aromatic N) is 1. The van der Waals surface area contributed by atoms with Crippen LogP contribution in [-0.2, 0) is 14.3 Å². The van der Waals surface area contributed by atoms with Crippen molar-refractivity contribution in [2.24, 2.45) is 0 Å². The molecule has 0 N–H and O–H groups in total. The third-order valence-electron chi connectivity index (χ3n) is 3.77. The number of amides is 1. The van der Waals surface area contributed by atoms with Crippen LogP contribution in [0.25, 0.3) is 6.08 Å². The Balaban J connectivity index is 2.65. The van der Waals surface area contributed by atoms with E-state index in [9.17, 15) is 9.59 Å². The van der Waals surface area contributed by atoms with Gasteiger partial charge in [-0.3, -0.25) is 9.59 Å². The monoisotopic (exact) mass is 347 g/mol. The second-order valence-electron chi connectivity index (χ2n) is 5.69. The molecule has 0 aliphatic heterocycles. The minimum Gasteiger partial charge on any atom is -0.494 e. The van der Waals surface area contributed by atoms with Gasteiger partial charge in [-0.15, -0.1) is 0 Å². The van der Waals surface area contributed by atoms with Crippen LogP contribution < -0.4 is 4.74 Å². The maximum Gasteiger partial charge on any atom is 0.307 e.